The van der Waals surface area contributed by atoms with Crippen LogP contribution in [-0.2, 0) is 31.5 Å². The highest BCUT2D eigenvalue weighted by Crippen LogP contribution is 2.47. The zero-order chi connectivity index (χ0) is 31.4. The van der Waals surface area contributed by atoms with Crippen LogP contribution in [-0.4, -0.2) is 45.8 Å². The van der Waals surface area contributed by atoms with Crippen LogP contribution in [0.25, 0.3) is 16.3 Å². The normalized spacial score (nSPS) is 15.0. The number of halogens is 2. The van der Waals surface area contributed by atoms with E-state index in [2.05, 4.69) is 0 Å². The number of amides is 1. The highest BCUT2D eigenvalue weighted by atomic mass is 32.2. The number of sulfonamides is 1. The number of fused-ring (bicyclic) bond motifs is 2. The number of aryl methyl sites for hydroxylation is 1. The molecule has 1 aliphatic rings. The number of carbonyl (C=O) groups excluding carboxylic acids is 1. The summed E-state index contributed by atoms with van der Waals surface area (Å²) in [6, 6.07) is 8.98. The summed E-state index contributed by atoms with van der Waals surface area (Å²) in [5.74, 6) is -1.89. The van der Waals surface area contributed by atoms with Crippen molar-refractivity contribution in [3.63, 3.8) is 0 Å². The molecule has 0 spiro atoms. The number of thiazole rings is 1. The van der Waals surface area contributed by atoms with Crippen LogP contribution in [0, 0.1) is 11.6 Å². The van der Waals surface area contributed by atoms with Gasteiger partial charge in [0.1, 0.15) is 16.3 Å². The van der Waals surface area contributed by atoms with Crippen LogP contribution in [0.15, 0.2) is 58.0 Å². The van der Waals surface area contributed by atoms with Gasteiger partial charge in [-0.1, -0.05) is 30.0 Å². The van der Waals surface area contributed by atoms with Crippen LogP contribution in [0.5, 0.6) is 0 Å². The molecule has 9 nitrogen and oxygen atoms in total. The van der Waals surface area contributed by atoms with Crippen molar-refractivity contribution in [2.75, 3.05) is 23.5 Å². The monoisotopic (exact) mass is 671 g/mol. The summed E-state index contributed by atoms with van der Waals surface area (Å²) in [6.07, 6.45) is 6.36. The first kappa shape index (κ1) is 33.1. The standard InChI is InChI=1S/C28H31F2N3O6S4/c1-3-19(15-27-32(12-4-5-14-43(37,38)39)22-17-20(29)8-10-24(22)40-27)16-28-33(13-6-7-26(34)31-42(2,35)36)23-18-21(30)9-11-25(23)41-28/h8-11,15-18H,3-7,12-14H2,1-2H3,(H-,31,34,37,38,39). The van der Waals surface area contributed by atoms with Gasteiger partial charge in [0.2, 0.25) is 21.4 Å². The highest BCUT2D eigenvalue weighted by molar-refractivity contribution is 8.03. The van der Waals surface area contributed by atoms with Gasteiger partial charge in [0.25, 0.3) is 5.01 Å². The van der Waals surface area contributed by atoms with Crippen molar-refractivity contribution in [1.29, 1.82) is 0 Å². The molecule has 2 heterocycles. The fraction of sp³-hybridized carbons (Fsp3) is 0.357. The quantitative estimate of drug-likeness (QED) is 0.155. The Hall–Kier alpha value is -2.85. The van der Waals surface area contributed by atoms with Gasteiger partial charge in [-0.05, 0) is 61.2 Å². The summed E-state index contributed by atoms with van der Waals surface area (Å²) in [5.41, 5.74) is 2.23. The maximum absolute atomic E-state index is 14.2. The smallest absolute Gasteiger partial charge is 0.263 e. The second-order valence-corrected chi connectivity index (χ2v) is 15.4. The fourth-order valence-electron chi connectivity index (χ4n) is 4.59. The number of carbonyl (C=O) groups is 1. The lowest BCUT2D eigenvalue weighted by molar-refractivity contribution is -0.669. The van der Waals surface area contributed by atoms with Crippen LogP contribution in [0.1, 0.15) is 44.0 Å². The molecular weight excluding hydrogens is 641 g/mol. The van der Waals surface area contributed by atoms with Crippen LogP contribution in [0.3, 0.4) is 0 Å². The SMILES string of the molecule is CCC(=C/c1sc2ccc(F)cc2[n+]1CCCC(=O)NS(C)(=O)=O)/C=C1\Sc2ccc(F)cc2N1CCCCS(=O)(=O)[O-]. The molecule has 0 radical (unpaired) electrons. The van der Waals surface area contributed by atoms with E-state index in [1.54, 1.807) is 12.1 Å². The third kappa shape index (κ3) is 9.32. The number of aromatic nitrogens is 1. The van der Waals surface area contributed by atoms with E-state index in [0.29, 0.717) is 43.6 Å². The first-order chi connectivity index (χ1) is 20.2. The molecule has 43 heavy (non-hydrogen) atoms. The average molecular weight is 672 g/mol. The van der Waals surface area contributed by atoms with Crippen LogP contribution >= 0.6 is 23.1 Å². The van der Waals surface area contributed by atoms with Crippen molar-refractivity contribution in [2.24, 2.45) is 0 Å². The Morgan fingerprint density at radius 1 is 1.07 bits per heavy atom. The molecule has 0 atom stereocenters. The fourth-order valence-corrected chi connectivity index (χ4v) is 7.96. The topological polar surface area (TPSA) is 128 Å². The van der Waals surface area contributed by atoms with Gasteiger partial charge >= 0.3 is 0 Å². The third-order valence-corrected chi connectivity index (χ3v) is 10.1. The zero-order valence-corrected chi connectivity index (χ0v) is 26.8. The second kappa shape index (κ2) is 13.8. The van der Waals surface area contributed by atoms with Gasteiger partial charge in [0.15, 0.2) is 6.54 Å². The Kier molecular flexibility index (Phi) is 10.6. The minimum Gasteiger partial charge on any atom is -0.748 e. The van der Waals surface area contributed by atoms with E-state index in [4.69, 9.17) is 0 Å². The predicted molar refractivity (Wildman–Crippen MR) is 164 cm³/mol. The molecule has 0 unspecified atom stereocenters. The molecule has 1 N–H and O–H groups in total. The summed E-state index contributed by atoms with van der Waals surface area (Å²) >= 11 is 2.91. The first-order valence-electron chi connectivity index (χ1n) is 13.5. The molecular formula is C28H31F2N3O6S4. The van der Waals surface area contributed by atoms with Crippen molar-refractivity contribution < 1.29 is 39.5 Å². The molecule has 3 aromatic rings. The molecule has 0 saturated heterocycles. The Morgan fingerprint density at radius 2 is 1.79 bits per heavy atom. The number of benzene rings is 2. The van der Waals surface area contributed by atoms with Gasteiger partial charge in [-0.3, -0.25) is 9.52 Å². The summed E-state index contributed by atoms with van der Waals surface area (Å²) in [7, 11) is -7.99. The predicted octanol–water partition coefficient (Wildman–Crippen LogP) is 4.90. The maximum atomic E-state index is 14.2. The van der Waals surface area contributed by atoms with Gasteiger partial charge in [0.05, 0.1) is 27.1 Å². The highest BCUT2D eigenvalue weighted by Gasteiger charge is 2.26. The van der Waals surface area contributed by atoms with E-state index in [1.165, 1.54) is 47.4 Å². The molecule has 0 aliphatic carbocycles. The molecule has 2 aromatic carbocycles. The van der Waals surface area contributed by atoms with Gasteiger partial charge in [-0.15, -0.1) is 0 Å². The number of nitrogens with one attached hydrogen (secondary N) is 1. The molecule has 1 aromatic heterocycles. The number of hydrogen-bond acceptors (Lipinski definition) is 9. The van der Waals surface area contributed by atoms with E-state index in [-0.39, 0.29) is 12.8 Å². The minimum absolute atomic E-state index is 0.0331. The van der Waals surface area contributed by atoms with Crippen molar-refractivity contribution in [2.45, 2.75) is 50.5 Å². The van der Waals surface area contributed by atoms with Crippen LogP contribution in [0.4, 0.5) is 14.5 Å². The lowest BCUT2D eigenvalue weighted by Crippen LogP contribution is -2.36. The maximum Gasteiger partial charge on any atom is 0.263 e. The summed E-state index contributed by atoms with van der Waals surface area (Å²) in [6.45, 7) is 2.71. The average Bonchev–Trinajstić information content (AvgIpc) is 3.41. The number of rotatable bonds is 13. The van der Waals surface area contributed by atoms with Gasteiger partial charge < -0.3 is 9.45 Å². The molecule has 1 aliphatic heterocycles. The van der Waals surface area contributed by atoms with Gasteiger partial charge in [-0.25, -0.2) is 25.6 Å². The Morgan fingerprint density at radius 3 is 2.49 bits per heavy atom. The lowest BCUT2D eigenvalue weighted by atomic mass is 10.1. The number of anilines is 1. The number of nitrogens with zero attached hydrogens (tertiary/aromatic N) is 2. The van der Waals surface area contributed by atoms with E-state index in [9.17, 15) is 35.0 Å². The lowest BCUT2D eigenvalue weighted by Gasteiger charge is -2.21. The van der Waals surface area contributed by atoms with Crippen molar-refractivity contribution in [3.8, 4) is 0 Å². The number of thioether (sulfide) groups is 1. The summed E-state index contributed by atoms with van der Waals surface area (Å²) < 4.78 is 88.9. The Balaban J connectivity index is 1.64. The number of allylic oxidation sites excluding steroid dienone is 2. The van der Waals surface area contributed by atoms with Crippen molar-refractivity contribution in [3.05, 3.63) is 69.7 Å². The Labute approximate surface area is 258 Å². The first-order valence-corrected chi connectivity index (χ1v) is 18.6. The number of hydrogen-bond donors (Lipinski definition) is 1. The molecule has 232 valence electrons. The molecule has 0 bridgehead atoms. The molecule has 15 heteroatoms. The van der Waals surface area contributed by atoms with Gasteiger partial charge in [0, 0.05) is 42.2 Å². The van der Waals surface area contributed by atoms with E-state index in [0.717, 1.165) is 31.5 Å². The molecule has 1 amide bonds. The van der Waals surface area contributed by atoms with Crippen molar-refractivity contribution in [1.82, 2.24) is 4.72 Å². The third-order valence-electron chi connectivity index (χ3n) is 6.52. The van der Waals surface area contributed by atoms with Gasteiger partial charge in [-0.2, -0.15) is 4.57 Å². The molecule has 4 rings (SSSR count). The van der Waals surface area contributed by atoms with E-state index in [1.807, 2.05) is 33.3 Å². The van der Waals surface area contributed by atoms with Crippen molar-refractivity contribution >= 4 is 71.1 Å². The summed E-state index contributed by atoms with van der Waals surface area (Å²) in [4.78, 5) is 14.8. The zero-order valence-electron chi connectivity index (χ0n) is 23.5. The van der Waals surface area contributed by atoms with Crippen LogP contribution < -0.4 is 14.2 Å². The van der Waals surface area contributed by atoms with E-state index >= 15 is 0 Å². The minimum atomic E-state index is -4.33. The summed E-state index contributed by atoms with van der Waals surface area (Å²) in [5, 5.41) is 1.62. The second-order valence-electron chi connectivity index (χ2n) is 9.99. The number of unbranched alkanes of at least 4 members (excludes halogenated alkanes) is 1. The van der Waals surface area contributed by atoms with Crippen LogP contribution in [0.2, 0.25) is 0 Å². The molecule has 0 saturated carbocycles. The van der Waals surface area contributed by atoms with E-state index < -0.39 is 43.4 Å². The Bertz CT molecular complexity index is 1800. The molecule has 0 fully saturated rings. The largest absolute Gasteiger partial charge is 0.748 e.